The van der Waals surface area contributed by atoms with E-state index in [2.05, 4.69) is 5.32 Å². The Morgan fingerprint density at radius 3 is 2.67 bits per heavy atom. The van der Waals surface area contributed by atoms with Gasteiger partial charge in [-0.25, -0.2) is 9.18 Å². The molecule has 0 unspecified atom stereocenters. The largest absolute Gasteiger partial charge is 0.495 e. The molecule has 0 aromatic heterocycles. The standard InChI is InChI=1S/C14H12ClFN2O3/c1-21-11-5-2-7(15)6-10(11)18-9-4-3-8(16)13(17)12(9)14(19)20/h2-6,18H,17H2,1H3,(H,19,20). The summed E-state index contributed by atoms with van der Waals surface area (Å²) in [6.45, 7) is 0. The number of methoxy groups -OCH3 is 1. The van der Waals surface area contributed by atoms with E-state index in [1.54, 1.807) is 18.2 Å². The van der Waals surface area contributed by atoms with E-state index in [4.69, 9.17) is 22.1 Å². The van der Waals surface area contributed by atoms with Gasteiger partial charge in [-0.2, -0.15) is 0 Å². The molecule has 0 fully saturated rings. The van der Waals surface area contributed by atoms with Crippen molar-refractivity contribution in [2.75, 3.05) is 18.2 Å². The third kappa shape index (κ3) is 3.00. The fourth-order valence-corrected chi connectivity index (χ4v) is 2.02. The lowest BCUT2D eigenvalue weighted by Gasteiger charge is -2.14. The average molecular weight is 311 g/mol. The Labute approximate surface area is 125 Å². The Balaban J connectivity index is 2.52. The summed E-state index contributed by atoms with van der Waals surface area (Å²) in [7, 11) is 1.46. The van der Waals surface area contributed by atoms with Gasteiger partial charge in [0.15, 0.2) is 0 Å². The van der Waals surface area contributed by atoms with Gasteiger partial charge in [0.05, 0.1) is 24.2 Å². The number of aromatic carboxylic acids is 1. The topological polar surface area (TPSA) is 84.6 Å². The minimum atomic E-state index is -1.34. The molecule has 7 heteroatoms. The molecule has 0 aliphatic carbocycles. The third-order valence-electron chi connectivity index (χ3n) is 2.84. The predicted molar refractivity (Wildman–Crippen MR) is 79.1 cm³/mol. The Bertz CT molecular complexity index is 707. The minimum Gasteiger partial charge on any atom is -0.495 e. The molecule has 5 nitrogen and oxygen atoms in total. The van der Waals surface area contributed by atoms with Gasteiger partial charge in [-0.1, -0.05) is 11.6 Å². The van der Waals surface area contributed by atoms with Gasteiger partial charge in [0, 0.05) is 5.02 Å². The van der Waals surface area contributed by atoms with Crippen LogP contribution in [0.15, 0.2) is 30.3 Å². The summed E-state index contributed by atoms with van der Waals surface area (Å²) in [6.07, 6.45) is 0. The molecule has 0 amide bonds. The Morgan fingerprint density at radius 2 is 2.05 bits per heavy atom. The second-order valence-electron chi connectivity index (χ2n) is 4.16. The molecule has 0 aliphatic heterocycles. The smallest absolute Gasteiger partial charge is 0.340 e. The summed E-state index contributed by atoms with van der Waals surface area (Å²) >= 11 is 5.90. The summed E-state index contributed by atoms with van der Waals surface area (Å²) in [5, 5.41) is 12.5. The fraction of sp³-hybridized carbons (Fsp3) is 0.0714. The number of carbonyl (C=O) groups is 1. The highest BCUT2D eigenvalue weighted by Gasteiger charge is 2.18. The third-order valence-corrected chi connectivity index (χ3v) is 3.07. The van der Waals surface area contributed by atoms with Crippen LogP contribution in [0.1, 0.15) is 10.4 Å². The van der Waals surface area contributed by atoms with Crippen LogP contribution in [0, 0.1) is 5.82 Å². The Kier molecular flexibility index (Phi) is 4.18. The van der Waals surface area contributed by atoms with Crippen LogP contribution in [-0.2, 0) is 0 Å². The molecule has 0 radical (unpaired) electrons. The number of nitrogens with two attached hydrogens (primary N) is 1. The number of nitrogen functional groups attached to an aromatic ring is 1. The van der Waals surface area contributed by atoms with E-state index in [1.165, 1.54) is 13.2 Å². The van der Waals surface area contributed by atoms with Gasteiger partial charge >= 0.3 is 5.97 Å². The van der Waals surface area contributed by atoms with Crippen molar-refractivity contribution >= 4 is 34.6 Å². The van der Waals surface area contributed by atoms with Crippen LogP contribution in [0.3, 0.4) is 0 Å². The lowest BCUT2D eigenvalue weighted by atomic mass is 10.1. The maximum absolute atomic E-state index is 13.4. The second kappa shape index (κ2) is 5.88. The lowest BCUT2D eigenvalue weighted by Crippen LogP contribution is -2.09. The molecule has 0 aliphatic rings. The van der Waals surface area contributed by atoms with Crippen molar-refractivity contribution < 1.29 is 19.0 Å². The van der Waals surface area contributed by atoms with Crippen LogP contribution in [0.2, 0.25) is 5.02 Å². The summed E-state index contributed by atoms with van der Waals surface area (Å²) < 4.78 is 18.6. The maximum Gasteiger partial charge on any atom is 0.340 e. The molecule has 110 valence electrons. The van der Waals surface area contributed by atoms with E-state index in [-0.39, 0.29) is 11.3 Å². The van der Waals surface area contributed by atoms with Crippen molar-refractivity contribution in [1.29, 1.82) is 0 Å². The number of carboxylic acids is 1. The van der Waals surface area contributed by atoms with Crippen molar-refractivity contribution in [2.45, 2.75) is 0 Å². The lowest BCUT2D eigenvalue weighted by molar-refractivity contribution is 0.0698. The Hall–Kier alpha value is -2.47. The first-order valence-corrected chi connectivity index (χ1v) is 6.23. The predicted octanol–water partition coefficient (Wildman–Crippen LogP) is 3.51. The molecule has 4 N–H and O–H groups in total. The van der Waals surface area contributed by atoms with Gasteiger partial charge in [0.1, 0.15) is 17.1 Å². The van der Waals surface area contributed by atoms with Crippen LogP contribution in [0.5, 0.6) is 5.75 Å². The molecular weight excluding hydrogens is 299 g/mol. The average Bonchev–Trinajstić information content (AvgIpc) is 2.43. The van der Waals surface area contributed by atoms with Crippen LogP contribution in [0.4, 0.5) is 21.5 Å². The van der Waals surface area contributed by atoms with E-state index in [0.717, 1.165) is 6.07 Å². The van der Waals surface area contributed by atoms with E-state index in [0.29, 0.717) is 16.5 Å². The molecule has 0 heterocycles. The number of ether oxygens (including phenoxy) is 1. The highest BCUT2D eigenvalue weighted by molar-refractivity contribution is 6.31. The SMILES string of the molecule is COc1ccc(Cl)cc1Nc1ccc(F)c(N)c1C(=O)O. The van der Waals surface area contributed by atoms with Crippen LogP contribution >= 0.6 is 11.6 Å². The van der Waals surface area contributed by atoms with Gasteiger partial charge in [0.25, 0.3) is 0 Å². The van der Waals surface area contributed by atoms with Gasteiger partial charge in [-0.3, -0.25) is 0 Å². The van der Waals surface area contributed by atoms with Gasteiger partial charge in [-0.05, 0) is 30.3 Å². The van der Waals surface area contributed by atoms with Gasteiger partial charge in [-0.15, -0.1) is 0 Å². The molecule has 0 spiro atoms. The summed E-state index contributed by atoms with van der Waals surface area (Å²) in [5.41, 5.74) is 5.28. The molecule has 0 saturated heterocycles. The zero-order valence-electron chi connectivity index (χ0n) is 11.0. The second-order valence-corrected chi connectivity index (χ2v) is 4.59. The zero-order valence-corrected chi connectivity index (χ0v) is 11.7. The normalized spacial score (nSPS) is 10.2. The highest BCUT2D eigenvalue weighted by Crippen LogP contribution is 2.33. The van der Waals surface area contributed by atoms with E-state index < -0.39 is 17.5 Å². The number of halogens is 2. The summed E-state index contributed by atoms with van der Waals surface area (Å²) in [6, 6.07) is 7.18. The molecule has 0 atom stereocenters. The van der Waals surface area contributed by atoms with Crippen LogP contribution in [-0.4, -0.2) is 18.2 Å². The van der Waals surface area contributed by atoms with E-state index in [9.17, 15) is 14.3 Å². The van der Waals surface area contributed by atoms with Crippen molar-refractivity contribution in [1.82, 2.24) is 0 Å². The monoisotopic (exact) mass is 310 g/mol. The van der Waals surface area contributed by atoms with Crippen molar-refractivity contribution in [3.05, 3.63) is 46.7 Å². The highest BCUT2D eigenvalue weighted by atomic mass is 35.5. The number of hydrogen-bond acceptors (Lipinski definition) is 4. The molecule has 0 saturated carbocycles. The molecule has 2 aromatic carbocycles. The number of rotatable bonds is 4. The summed E-state index contributed by atoms with van der Waals surface area (Å²) in [4.78, 5) is 11.3. The fourth-order valence-electron chi connectivity index (χ4n) is 1.85. The number of nitrogens with one attached hydrogen (secondary N) is 1. The first-order chi connectivity index (χ1) is 9.93. The van der Waals surface area contributed by atoms with Crippen molar-refractivity contribution in [3.8, 4) is 5.75 Å². The minimum absolute atomic E-state index is 0.141. The van der Waals surface area contributed by atoms with E-state index in [1.807, 2.05) is 0 Å². The molecular formula is C14H12ClFN2O3. The van der Waals surface area contributed by atoms with Gasteiger partial charge < -0.3 is 20.9 Å². The molecule has 0 bridgehead atoms. The first kappa shape index (κ1) is 14.9. The number of carboxylic acid groups (broad SMARTS) is 1. The number of anilines is 3. The Morgan fingerprint density at radius 1 is 1.33 bits per heavy atom. The zero-order chi connectivity index (χ0) is 15.6. The quantitative estimate of drug-likeness (QED) is 0.752. The molecule has 21 heavy (non-hydrogen) atoms. The number of benzene rings is 2. The summed E-state index contributed by atoms with van der Waals surface area (Å²) in [5.74, 6) is -1.68. The first-order valence-electron chi connectivity index (χ1n) is 5.86. The maximum atomic E-state index is 13.4. The van der Waals surface area contributed by atoms with Crippen molar-refractivity contribution in [2.24, 2.45) is 0 Å². The molecule has 2 aromatic rings. The van der Waals surface area contributed by atoms with Crippen LogP contribution in [0.25, 0.3) is 0 Å². The van der Waals surface area contributed by atoms with Crippen LogP contribution < -0.4 is 15.8 Å². The van der Waals surface area contributed by atoms with Crippen molar-refractivity contribution in [3.63, 3.8) is 0 Å². The van der Waals surface area contributed by atoms with E-state index >= 15 is 0 Å². The number of hydrogen-bond donors (Lipinski definition) is 3. The molecule has 2 rings (SSSR count). The van der Waals surface area contributed by atoms with Gasteiger partial charge in [0.2, 0.25) is 0 Å².